The van der Waals surface area contributed by atoms with Crippen molar-refractivity contribution in [2.75, 3.05) is 13.1 Å². The van der Waals surface area contributed by atoms with E-state index in [9.17, 15) is 9.59 Å². The molecule has 2 amide bonds. The quantitative estimate of drug-likeness (QED) is 0.848. The standard InChI is InChI=1S/C20H22N2O2/c1-16-20(24)21(13-12-17-8-4-2-5-9-17)15-19(23)22(16)14-18-10-6-3-7-11-18/h2-11,16H,12-15H2,1H3/t16-/m1/s1. The van der Waals surface area contributed by atoms with Crippen molar-refractivity contribution >= 4 is 11.8 Å². The number of hydrogen-bond donors (Lipinski definition) is 0. The van der Waals surface area contributed by atoms with Crippen molar-refractivity contribution < 1.29 is 9.59 Å². The fraction of sp³-hybridized carbons (Fsp3) is 0.300. The number of hydrogen-bond acceptors (Lipinski definition) is 2. The number of carbonyl (C=O) groups is 2. The van der Waals surface area contributed by atoms with E-state index >= 15 is 0 Å². The Labute approximate surface area is 142 Å². The van der Waals surface area contributed by atoms with Crippen molar-refractivity contribution in [2.24, 2.45) is 0 Å². The minimum absolute atomic E-state index is 0.0130. The molecule has 2 aromatic rings. The minimum Gasteiger partial charge on any atom is -0.331 e. The van der Waals surface area contributed by atoms with Gasteiger partial charge in [0.25, 0.3) is 0 Å². The first-order valence-corrected chi connectivity index (χ1v) is 8.31. The van der Waals surface area contributed by atoms with E-state index in [-0.39, 0.29) is 18.4 Å². The first-order chi connectivity index (χ1) is 11.6. The van der Waals surface area contributed by atoms with Gasteiger partial charge in [-0.05, 0) is 24.5 Å². The van der Waals surface area contributed by atoms with Gasteiger partial charge in [0.2, 0.25) is 11.8 Å². The maximum Gasteiger partial charge on any atom is 0.245 e. The Bertz CT molecular complexity index is 696. The zero-order valence-corrected chi connectivity index (χ0v) is 13.9. The van der Waals surface area contributed by atoms with Crippen LogP contribution in [0.1, 0.15) is 18.1 Å². The number of carbonyl (C=O) groups excluding carboxylic acids is 2. The van der Waals surface area contributed by atoms with Crippen LogP contribution in [0.5, 0.6) is 0 Å². The SMILES string of the molecule is C[C@@H]1C(=O)N(CCc2ccccc2)CC(=O)N1Cc1ccccc1. The fourth-order valence-corrected chi connectivity index (χ4v) is 3.05. The van der Waals surface area contributed by atoms with Crippen LogP contribution < -0.4 is 0 Å². The van der Waals surface area contributed by atoms with Crippen LogP contribution in [0, 0.1) is 0 Å². The molecule has 0 aromatic heterocycles. The van der Waals surface area contributed by atoms with Gasteiger partial charge in [-0.25, -0.2) is 0 Å². The van der Waals surface area contributed by atoms with E-state index in [0.29, 0.717) is 13.1 Å². The smallest absolute Gasteiger partial charge is 0.245 e. The van der Waals surface area contributed by atoms with Crippen molar-refractivity contribution in [3.8, 4) is 0 Å². The molecule has 0 N–H and O–H groups in total. The number of nitrogens with zero attached hydrogens (tertiary/aromatic N) is 2. The lowest BCUT2D eigenvalue weighted by atomic mass is 10.1. The van der Waals surface area contributed by atoms with Crippen molar-refractivity contribution in [3.05, 3.63) is 71.8 Å². The molecule has 124 valence electrons. The maximum absolute atomic E-state index is 12.6. The second kappa shape index (κ2) is 7.30. The Morgan fingerprint density at radius 2 is 1.50 bits per heavy atom. The molecule has 0 saturated carbocycles. The summed E-state index contributed by atoms with van der Waals surface area (Å²) in [6, 6.07) is 19.4. The third-order valence-electron chi connectivity index (χ3n) is 4.49. The summed E-state index contributed by atoms with van der Waals surface area (Å²) < 4.78 is 0. The van der Waals surface area contributed by atoms with Crippen LogP contribution in [0.2, 0.25) is 0 Å². The summed E-state index contributed by atoms with van der Waals surface area (Å²) in [6.07, 6.45) is 0.769. The lowest BCUT2D eigenvalue weighted by Crippen LogP contribution is -2.58. The Morgan fingerprint density at radius 1 is 0.917 bits per heavy atom. The molecule has 4 nitrogen and oxygen atoms in total. The third-order valence-corrected chi connectivity index (χ3v) is 4.49. The number of piperazine rings is 1. The van der Waals surface area contributed by atoms with Crippen LogP contribution in [-0.2, 0) is 22.6 Å². The molecule has 1 aliphatic heterocycles. The summed E-state index contributed by atoms with van der Waals surface area (Å²) in [5.74, 6) is 0.0421. The van der Waals surface area contributed by atoms with Crippen LogP contribution in [0.15, 0.2) is 60.7 Å². The van der Waals surface area contributed by atoms with Gasteiger partial charge < -0.3 is 9.80 Å². The van der Waals surface area contributed by atoms with E-state index in [1.165, 1.54) is 5.56 Å². The average Bonchev–Trinajstić information content (AvgIpc) is 2.62. The van der Waals surface area contributed by atoms with Gasteiger partial charge in [-0.2, -0.15) is 0 Å². The van der Waals surface area contributed by atoms with Gasteiger partial charge in [0.05, 0.1) is 6.54 Å². The summed E-state index contributed by atoms with van der Waals surface area (Å²) in [4.78, 5) is 28.5. The largest absolute Gasteiger partial charge is 0.331 e. The Balaban J connectivity index is 1.63. The van der Waals surface area contributed by atoms with Crippen LogP contribution in [0.4, 0.5) is 0 Å². The van der Waals surface area contributed by atoms with Crippen LogP contribution in [0.25, 0.3) is 0 Å². The highest BCUT2D eigenvalue weighted by Crippen LogP contribution is 2.17. The summed E-state index contributed by atoms with van der Waals surface area (Å²) in [5.41, 5.74) is 2.22. The summed E-state index contributed by atoms with van der Waals surface area (Å²) in [6.45, 7) is 3.05. The molecule has 3 rings (SSSR count). The Kier molecular flexibility index (Phi) is 4.94. The van der Waals surface area contributed by atoms with Gasteiger partial charge >= 0.3 is 0 Å². The highest BCUT2D eigenvalue weighted by atomic mass is 16.2. The summed E-state index contributed by atoms with van der Waals surface area (Å²) in [7, 11) is 0. The van der Waals surface area contributed by atoms with E-state index in [2.05, 4.69) is 0 Å². The zero-order valence-electron chi connectivity index (χ0n) is 13.9. The summed E-state index contributed by atoms with van der Waals surface area (Å²) >= 11 is 0. The molecule has 1 saturated heterocycles. The van der Waals surface area contributed by atoms with Gasteiger partial charge in [0.1, 0.15) is 6.04 Å². The maximum atomic E-state index is 12.6. The van der Waals surface area contributed by atoms with Crippen LogP contribution >= 0.6 is 0 Å². The highest BCUT2D eigenvalue weighted by molar-refractivity contribution is 5.94. The molecule has 4 heteroatoms. The molecular weight excluding hydrogens is 300 g/mol. The summed E-state index contributed by atoms with van der Waals surface area (Å²) in [5, 5.41) is 0. The van der Waals surface area contributed by atoms with Crippen molar-refractivity contribution in [1.82, 2.24) is 9.80 Å². The Morgan fingerprint density at radius 3 is 2.12 bits per heavy atom. The molecule has 0 unspecified atom stereocenters. The van der Waals surface area contributed by atoms with Crippen molar-refractivity contribution in [1.29, 1.82) is 0 Å². The van der Waals surface area contributed by atoms with Gasteiger partial charge in [0.15, 0.2) is 0 Å². The third kappa shape index (κ3) is 3.65. The molecule has 1 aliphatic rings. The normalized spacial score (nSPS) is 18.1. The Hall–Kier alpha value is -2.62. The predicted octanol–water partition coefficient (Wildman–Crippen LogP) is 2.49. The monoisotopic (exact) mass is 322 g/mol. The lowest BCUT2D eigenvalue weighted by molar-refractivity contribution is -0.155. The van der Waals surface area contributed by atoms with Crippen LogP contribution in [0.3, 0.4) is 0 Å². The topological polar surface area (TPSA) is 40.6 Å². The first kappa shape index (κ1) is 16.2. The van der Waals surface area contributed by atoms with E-state index in [0.717, 1.165) is 12.0 Å². The number of amides is 2. The molecule has 1 atom stereocenters. The molecule has 24 heavy (non-hydrogen) atoms. The highest BCUT2D eigenvalue weighted by Gasteiger charge is 2.35. The molecule has 0 bridgehead atoms. The van der Waals surface area contributed by atoms with Gasteiger partial charge in [0, 0.05) is 13.1 Å². The predicted molar refractivity (Wildman–Crippen MR) is 93.2 cm³/mol. The second-order valence-electron chi connectivity index (χ2n) is 6.18. The molecule has 0 spiro atoms. The van der Waals surface area contributed by atoms with Gasteiger partial charge in [-0.3, -0.25) is 9.59 Å². The zero-order chi connectivity index (χ0) is 16.9. The molecule has 0 radical (unpaired) electrons. The van der Waals surface area contributed by atoms with Gasteiger partial charge in [-0.15, -0.1) is 0 Å². The van der Waals surface area contributed by atoms with Gasteiger partial charge in [-0.1, -0.05) is 60.7 Å². The minimum atomic E-state index is -0.415. The molecule has 1 fully saturated rings. The number of rotatable bonds is 5. The molecule has 1 heterocycles. The van der Waals surface area contributed by atoms with E-state index in [1.807, 2.05) is 67.6 Å². The lowest BCUT2D eigenvalue weighted by Gasteiger charge is -2.38. The van der Waals surface area contributed by atoms with Crippen molar-refractivity contribution in [3.63, 3.8) is 0 Å². The average molecular weight is 322 g/mol. The second-order valence-corrected chi connectivity index (χ2v) is 6.18. The molecule has 2 aromatic carbocycles. The van der Waals surface area contributed by atoms with Crippen LogP contribution in [-0.4, -0.2) is 40.7 Å². The van der Waals surface area contributed by atoms with E-state index in [1.54, 1.807) is 9.80 Å². The van der Waals surface area contributed by atoms with E-state index in [4.69, 9.17) is 0 Å². The number of benzene rings is 2. The first-order valence-electron chi connectivity index (χ1n) is 8.31. The fourth-order valence-electron chi connectivity index (χ4n) is 3.05. The van der Waals surface area contributed by atoms with Crippen molar-refractivity contribution in [2.45, 2.75) is 25.9 Å². The molecular formula is C20H22N2O2. The molecule has 0 aliphatic carbocycles. The van der Waals surface area contributed by atoms with E-state index < -0.39 is 6.04 Å².